The van der Waals surface area contributed by atoms with E-state index in [1.54, 1.807) is 21.3 Å². The third kappa shape index (κ3) is 19.1. The van der Waals surface area contributed by atoms with Crippen LogP contribution in [0, 0.1) is 0 Å². The van der Waals surface area contributed by atoms with E-state index in [1.807, 2.05) is 41.0 Å². The summed E-state index contributed by atoms with van der Waals surface area (Å²) in [6.07, 6.45) is 16.8. The van der Waals surface area contributed by atoms with Crippen molar-refractivity contribution in [3.63, 3.8) is 0 Å². The van der Waals surface area contributed by atoms with Gasteiger partial charge >= 0.3 is 7.66 Å². The maximum absolute atomic E-state index is 10.7. The number of benzene rings is 2. The maximum atomic E-state index is 10.7. The molecule has 1 aliphatic rings. The summed E-state index contributed by atoms with van der Waals surface area (Å²) in [6, 6.07) is 14.6. The molecule has 14 nitrogen and oxygen atoms in total. The Hall–Kier alpha value is -0.880. The lowest BCUT2D eigenvalue weighted by Crippen LogP contribution is -2.35. The van der Waals surface area contributed by atoms with Crippen LogP contribution in [0.1, 0.15) is 168 Å². The first-order chi connectivity index (χ1) is 30.5. The van der Waals surface area contributed by atoms with Crippen LogP contribution in [0.4, 0.5) is 0 Å². The van der Waals surface area contributed by atoms with Gasteiger partial charge in [0.1, 0.15) is 11.5 Å². The Balaban J connectivity index is 2.55. The molecular formula is C44H80N4O10P4. The summed E-state index contributed by atoms with van der Waals surface area (Å²) in [5.74, 6) is 0.726. The molecule has 18 heteroatoms. The summed E-state index contributed by atoms with van der Waals surface area (Å²) in [6.45, 7) is 14.8. The van der Waals surface area contributed by atoms with E-state index in [2.05, 4.69) is 41.5 Å². The summed E-state index contributed by atoms with van der Waals surface area (Å²) in [5, 5.41) is 21.4. The molecule has 3 rings (SSSR count). The number of rotatable bonds is 36. The summed E-state index contributed by atoms with van der Waals surface area (Å²) in [7, 11) is -10.2. The van der Waals surface area contributed by atoms with E-state index >= 15 is 0 Å². The molecule has 0 radical (unpaired) electrons. The number of hydrogen-bond donors (Lipinski definition) is 2. The second-order valence-corrected chi connectivity index (χ2v) is 22.5. The van der Waals surface area contributed by atoms with E-state index in [4.69, 9.17) is 41.6 Å². The van der Waals surface area contributed by atoms with Gasteiger partial charge in [-0.15, -0.1) is 4.52 Å². The molecular weight excluding hydrogens is 868 g/mol. The molecule has 356 valence electrons. The fraction of sp³-hybridized carbons (Fsp3) is 0.727. The minimum Gasteiger partial charge on any atom is -0.417 e. The Morgan fingerprint density at radius 1 is 0.468 bits per heavy atom. The van der Waals surface area contributed by atoms with Crippen molar-refractivity contribution in [2.45, 2.75) is 170 Å². The highest BCUT2D eigenvalue weighted by Gasteiger charge is 2.55. The Morgan fingerprint density at radius 2 is 0.855 bits per heavy atom. The van der Waals surface area contributed by atoms with E-state index in [9.17, 15) is 10.2 Å². The predicted molar refractivity (Wildman–Crippen MR) is 254 cm³/mol. The molecule has 0 spiro atoms. The number of nitrogens with zero attached hydrogens (tertiary/aromatic N) is 4. The van der Waals surface area contributed by atoms with Gasteiger partial charge < -0.3 is 32.8 Å². The van der Waals surface area contributed by atoms with Crippen LogP contribution >= 0.6 is 33.0 Å². The van der Waals surface area contributed by atoms with E-state index in [0.717, 1.165) is 116 Å². The van der Waals surface area contributed by atoms with Gasteiger partial charge in [0.15, 0.2) is 0 Å². The van der Waals surface area contributed by atoms with E-state index < -0.39 is 33.0 Å². The molecule has 2 aromatic rings. The van der Waals surface area contributed by atoms with Gasteiger partial charge in [0.25, 0.3) is 25.3 Å². The fourth-order valence-corrected chi connectivity index (χ4v) is 16.3. The molecule has 0 saturated carbocycles. The van der Waals surface area contributed by atoms with E-state index in [0.29, 0.717) is 62.3 Å². The van der Waals surface area contributed by atoms with Crippen molar-refractivity contribution in [3.05, 3.63) is 59.7 Å². The van der Waals surface area contributed by atoms with Crippen molar-refractivity contribution >= 4 is 33.0 Å². The van der Waals surface area contributed by atoms with Gasteiger partial charge in [-0.3, -0.25) is 14.5 Å². The standard InChI is InChI=1S/C44H80N4O10P4/c1-7-13-23-33-51-46-59(54-36-26-16-10-4)45-62(57-43-31-21-19-29-41(43)39-49,58-44-32-22-20-30-42(44)40-50)48(53-35-25-15-9-3)61(56-38-28-18-12-6)47(52-34-24-14-8-2)60(46)55-37-27-17-11-5/h19-22,29-32,49-50H,7-18,23-28,33-40H2,1-6H3. The molecule has 1 heterocycles. The molecule has 0 aromatic heterocycles. The second kappa shape index (κ2) is 34.4. The zero-order chi connectivity index (χ0) is 44.7. The predicted octanol–water partition coefficient (Wildman–Crippen LogP) is 14.7. The first-order valence-electron chi connectivity index (χ1n) is 23.4. The third-order valence-electron chi connectivity index (χ3n) is 9.59. The van der Waals surface area contributed by atoms with Gasteiger partial charge in [-0.05, 0) is 55.3 Å². The number of unbranched alkanes of at least 4 members (excludes halogenated alkanes) is 12. The molecule has 0 aliphatic carbocycles. The van der Waals surface area contributed by atoms with Gasteiger partial charge in [-0.1, -0.05) is 164 Å². The van der Waals surface area contributed by atoms with Crippen LogP contribution in [0.2, 0.25) is 0 Å². The van der Waals surface area contributed by atoms with Crippen LogP contribution in [-0.2, 0) is 41.3 Å². The Labute approximate surface area is 378 Å². The smallest absolute Gasteiger partial charge is 0.417 e. The number of aliphatic hydroxyl groups excluding tert-OH is 2. The van der Waals surface area contributed by atoms with Crippen LogP contribution < -0.4 is 9.05 Å². The van der Waals surface area contributed by atoms with Crippen LogP contribution in [0.5, 0.6) is 11.5 Å². The number of para-hydroxylation sites is 2. The van der Waals surface area contributed by atoms with Gasteiger partial charge in [-0.25, -0.2) is 0 Å². The average molecular weight is 949 g/mol. The van der Waals surface area contributed by atoms with E-state index in [1.165, 1.54) is 0 Å². The molecule has 0 saturated heterocycles. The summed E-state index contributed by atoms with van der Waals surface area (Å²) in [5.41, 5.74) is 1.08. The minimum absolute atomic E-state index is 0.290. The monoisotopic (exact) mass is 948 g/mol. The van der Waals surface area contributed by atoms with Crippen molar-refractivity contribution in [2.24, 2.45) is 4.52 Å². The van der Waals surface area contributed by atoms with Crippen molar-refractivity contribution in [2.75, 3.05) is 39.6 Å². The Morgan fingerprint density at radius 3 is 1.31 bits per heavy atom. The summed E-state index contributed by atoms with van der Waals surface area (Å²) in [4.78, 5) is 20.9. The van der Waals surface area contributed by atoms with Crippen molar-refractivity contribution < 1.29 is 47.3 Å². The summed E-state index contributed by atoms with van der Waals surface area (Å²) < 4.78 is 46.6. The van der Waals surface area contributed by atoms with Gasteiger partial charge in [0.2, 0.25) is 0 Å². The molecule has 1 aliphatic heterocycles. The van der Waals surface area contributed by atoms with Gasteiger partial charge in [-0.2, -0.15) is 0 Å². The highest BCUT2D eigenvalue weighted by molar-refractivity contribution is 7.78. The van der Waals surface area contributed by atoms with Crippen molar-refractivity contribution in [1.82, 2.24) is 13.8 Å². The van der Waals surface area contributed by atoms with Crippen LogP contribution in [0.3, 0.4) is 0 Å². The van der Waals surface area contributed by atoms with Crippen molar-refractivity contribution in [3.8, 4) is 11.5 Å². The van der Waals surface area contributed by atoms with E-state index in [-0.39, 0.29) is 13.2 Å². The van der Waals surface area contributed by atoms with Crippen LogP contribution in [0.25, 0.3) is 0 Å². The second-order valence-electron chi connectivity index (χ2n) is 15.1. The zero-order valence-electron chi connectivity index (χ0n) is 38.7. The van der Waals surface area contributed by atoms with Crippen LogP contribution in [0.15, 0.2) is 53.0 Å². The van der Waals surface area contributed by atoms with Crippen molar-refractivity contribution in [1.29, 1.82) is 0 Å². The maximum Gasteiger partial charge on any atom is 0.435 e. The topological polar surface area (TPSA) is 136 Å². The number of aliphatic hydroxyl groups is 2. The quantitative estimate of drug-likeness (QED) is 0.0496. The van der Waals surface area contributed by atoms with Crippen LogP contribution in [-0.4, -0.2) is 63.7 Å². The highest BCUT2D eigenvalue weighted by Crippen LogP contribution is 2.79. The lowest BCUT2D eigenvalue weighted by Gasteiger charge is -2.46. The first kappa shape index (κ1) is 55.4. The zero-order valence-corrected chi connectivity index (χ0v) is 42.3. The lowest BCUT2D eigenvalue weighted by atomic mass is 10.2. The molecule has 0 amide bonds. The molecule has 2 aromatic carbocycles. The average Bonchev–Trinajstić information content (AvgIpc) is 3.29. The van der Waals surface area contributed by atoms with Gasteiger partial charge in [0, 0.05) is 11.1 Å². The highest BCUT2D eigenvalue weighted by atomic mass is 31.3. The molecule has 3 atom stereocenters. The lowest BCUT2D eigenvalue weighted by molar-refractivity contribution is -0.0941. The summed E-state index contributed by atoms with van der Waals surface area (Å²) >= 11 is 0. The largest absolute Gasteiger partial charge is 0.435 e. The molecule has 62 heavy (non-hydrogen) atoms. The van der Waals surface area contributed by atoms with Gasteiger partial charge in [0.05, 0.1) is 52.9 Å². The first-order valence-corrected chi connectivity index (χ1v) is 28.5. The molecule has 0 bridgehead atoms. The fourth-order valence-electron chi connectivity index (χ4n) is 5.93. The Kier molecular flexibility index (Phi) is 30.8. The third-order valence-corrected chi connectivity index (χ3v) is 18.8. The normalized spacial score (nSPS) is 18.7. The molecule has 2 N–H and O–H groups in total. The molecule has 3 unspecified atom stereocenters. The Bertz CT molecular complexity index is 1440. The minimum atomic E-state index is -4.06. The SMILES string of the molecule is CCCCCON1P(OCCCCC)N=P(Oc2ccccc2CO)(Oc2ccccc2CO)N(OCCCCC)P(OCCCCC)N(OCCCCC)P1OCCCCC. The number of hydrogen-bond acceptors (Lipinski definition) is 14. The molecule has 0 fully saturated rings.